The lowest BCUT2D eigenvalue weighted by atomic mass is 10.1. The number of phenols is 1. The monoisotopic (exact) mass is 268 g/mol. The van der Waals surface area contributed by atoms with E-state index in [1.54, 1.807) is 18.2 Å². The van der Waals surface area contributed by atoms with Crippen molar-refractivity contribution in [3.63, 3.8) is 0 Å². The molecule has 4 nitrogen and oxygen atoms in total. The van der Waals surface area contributed by atoms with Gasteiger partial charge >= 0.3 is 0 Å². The minimum Gasteiger partial charge on any atom is -0.504 e. The van der Waals surface area contributed by atoms with Crippen molar-refractivity contribution in [2.45, 2.75) is 13.5 Å². The molecule has 0 amide bonds. The van der Waals surface area contributed by atoms with Gasteiger partial charge in [0.05, 0.1) is 18.2 Å². The Morgan fingerprint density at radius 3 is 2.80 bits per heavy atom. The Kier molecular flexibility index (Phi) is 4.46. The summed E-state index contributed by atoms with van der Waals surface area (Å²) in [6.45, 7) is 2.84. The molecule has 0 heterocycles. The summed E-state index contributed by atoms with van der Waals surface area (Å²) < 4.78 is 5.35. The number of phenolic OH excluding ortho intramolecular Hbond substituents is 1. The third-order valence-corrected chi connectivity index (χ3v) is 2.86. The zero-order chi connectivity index (χ0) is 14.4. The van der Waals surface area contributed by atoms with Crippen LogP contribution in [0.3, 0.4) is 0 Å². The molecular weight excluding hydrogens is 252 g/mol. The fourth-order valence-corrected chi connectivity index (χ4v) is 1.88. The van der Waals surface area contributed by atoms with E-state index in [1.807, 2.05) is 31.2 Å². The van der Waals surface area contributed by atoms with Gasteiger partial charge in [0.2, 0.25) is 0 Å². The molecule has 0 atom stereocenters. The molecular formula is C16H16N2O2. The van der Waals surface area contributed by atoms with E-state index in [4.69, 9.17) is 10.00 Å². The Labute approximate surface area is 118 Å². The van der Waals surface area contributed by atoms with Gasteiger partial charge in [-0.1, -0.05) is 18.2 Å². The first-order valence-corrected chi connectivity index (χ1v) is 6.42. The predicted molar refractivity (Wildman–Crippen MR) is 77.8 cm³/mol. The number of ether oxygens (including phenoxy) is 1. The van der Waals surface area contributed by atoms with Gasteiger partial charge in [-0.15, -0.1) is 0 Å². The maximum absolute atomic E-state index is 10.1. The van der Waals surface area contributed by atoms with E-state index < -0.39 is 0 Å². The topological polar surface area (TPSA) is 65.3 Å². The van der Waals surface area contributed by atoms with Crippen LogP contribution in [0.2, 0.25) is 0 Å². The minimum absolute atomic E-state index is 0.151. The number of benzene rings is 2. The molecule has 0 saturated carbocycles. The lowest BCUT2D eigenvalue weighted by Gasteiger charge is -2.11. The summed E-state index contributed by atoms with van der Waals surface area (Å²) >= 11 is 0. The zero-order valence-electron chi connectivity index (χ0n) is 11.3. The summed E-state index contributed by atoms with van der Waals surface area (Å²) in [5.41, 5.74) is 2.19. The number of rotatable bonds is 5. The Morgan fingerprint density at radius 2 is 2.05 bits per heavy atom. The molecule has 0 radical (unpaired) electrons. The van der Waals surface area contributed by atoms with Crippen LogP contribution in [0, 0.1) is 11.3 Å². The average molecular weight is 268 g/mol. The first kappa shape index (κ1) is 13.8. The highest BCUT2D eigenvalue weighted by atomic mass is 16.5. The highest BCUT2D eigenvalue weighted by Crippen LogP contribution is 2.30. The molecule has 4 heteroatoms. The zero-order valence-corrected chi connectivity index (χ0v) is 11.3. The fourth-order valence-electron chi connectivity index (χ4n) is 1.88. The molecule has 0 saturated heterocycles. The summed E-state index contributed by atoms with van der Waals surface area (Å²) in [7, 11) is 0. The van der Waals surface area contributed by atoms with Crippen molar-refractivity contribution < 1.29 is 9.84 Å². The number of anilines is 1. The fraction of sp³-hybridized carbons (Fsp3) is 0.188. The van der Waals surface area contributed by atoms with Gasteiger partial charge in [-0.05, 0) is 31.2 Å². The summed E-state index contributed by atoms with van der Waals surface area (Å²) in [4.78, 5) is 0. The number of nitrogens with zero attached hydrogens (tertiary/aromatic N) is 1. The first-order valence-electron chi connectivity index (χ1n) is 6.42. The molecule has 0 aliphatic heterocycles. The van der Waals surface area contributed by atoms with Crippen LogP contribution in [-0.4, -0.2) is 11.7 Å². The van der Waals surface area contributed by atoms with Gasteiger partial charge in [-0.2, -0.15) is 5.26 Å². The van der Waals surface area contributed by atoms with Crippen molar-refractivity contribution in [1.82, 2.24) is 0 Å². The average Bonchev–Trinajstić information content (AvgIpc) is 2.48. The van der Waals surface area contributed by atoms with Crippen molar-refractivity contribution >= 4 is 5.69 Å². The van der Waals surface area contributed by atoms with Gasteiger partial charge in [-0.25, -0.2) is 0 Å². The lowest BCUT2D eigenvalue weighted by Crippen LogP contribution is -2.01. The second-order valence-corrected chi connectivity index (χ2v) is 4.24. The van der Waals surface area contributed by atoms with E-state index >= 15 is 0 Å². The molecule has 0 aliphatic rings. The largest absolute Gasteiger partial charge is 0.504 e. The Balaban J connectivity index is 2.11. The number of hydrogen-bond donors (Lipinski definition) is 2. The van der Waals surface area contributed by atoms with Crippen LogP contribution in [0.25, 0.3) is 0 Å². The first-order chi connectivity index (χ1) is 9.74. The van der Waals surface area contributed by atoms with Crippen molar-refractivity contribution in [3.05, 3.63) is 53.6 Å². The van der Waals surface area contributed by atoms with Crippen LogP contribution >= 0.6 is 0 Å². The van der Waals surface area contributed by atoms with E-state index in [2.05, 4.69) is 11.4 Å². The van der Waals surface area contributed by atoms with Crippen LogP contribution in [0.5, 0.6) is 11.5 Å². The number of aromatic hydroxyl groups is 1. The van der Waals surface area contributed by atoms with Crippen molar-refractivity contribution in [3.8, 4) is 17.6 Å². The van der Waals surface area contributed by atoms with Crippen LogP contribution in [0.15, 0.2) is 42.5 Å². The van der Waals surface area contributed by atoms with Crippen molar-refractivity contribution in [2.24, 2.45) is 0 Å². The van der Waals surface area contributed by atoms with Gasteiger partial charge in [0.25, 0.3) is 0 Å². The third kappa shape index (κ3) is 3.21. The second kappa shape index (κ2) is 6.48. The predicted octanol–water partition coefficient (Wildman–Crippen LogP) is 3.27. The van der Waals surface area contributed by atoms with Crippen molar-refractivity contribution in [1.29, 1.82) is 5.26 Å². The molecule has 0 aromatic heterocycles. The quantitative estimate of drug-likeness (QED) is 0.873. The summed E-state index contributed by atoms with van der Waals surface area (Å²) in [5, 5.41) is 22.1. The van der Waals surface area contributed by atoms with E-state index in [1.165, 1.54) is 0 Å². The molecule has 2 N–H and O–H groups in total. The van der Waals surface area contributed by atoms with Crippen LogP contribution in [0.1, 0.15) is 18.1 Å². The molecule has 0 unspecified atom stereocenters. The highest BCUT2D eigenvalue weighted by Gasteiger charge is 2.07. The number of nitriles is 1. The molecule has 0 fully saturated rings. The normalized spacial score (nSPS) is 9.80. The highest BCUT2D eigenvalue weighted by molar-refractivity contribution is 5.51. The lowest BCUT2D eigenvalue weighted by molar-refractivity contribution is 0.317. The number of para-hydroxylation sites is 1. The van der Waals surface area contributed by atoms with E-state index in [0.29, 0.717) is 24.5 Å². The van der Waals surface area contributed by atoms with Crippen LogP contribution in [0.4, 0.5) is 5.69 Å². The smallest absolute Gasteiger partial charge is 0.162 e. The van der Waals surface area contributed by atoms with E-state index in [0.717, 1.165) is 11.3 Å². The molecule has 0 spiro atoms. The molecule has 2 aromatic rings. The Morgan fingerprint density at radius 1 is 1.25 bits per heavy atom. The van der Waals surface area contributed by atoms with Gasteiger partial charge < -0.3 is 15.2 Å². The molecule has 0 bridgehead atoms. The van der Waals surface area contributed by atoms with Gasteiger partial charge in [0.15, 0.2) is 11.5 Å². The van der Waals surface area contributed by atoms with E-state index in [9.17, 15) is 5.11 Å². The maximum atomic E-state index is 10.1. The molecule has 2 aromatic carbocycles. The second-order valence-electron chi connectivity index (χ2n) is 4.24. The molecule has 0 aliphatic carbocycles. The number of nitrogens with one attached hydrogen (secondary N) is 1. The Hall–Kier alpha value is -2.67. The van der Waals surface area contributed by atoms with Gasteiger partial charge in [0.1, 0.15) is 0 Å². The molecule has 2 rings (SSSR count). The van der Waals surface area contributed by atoms with Crippen LogP contribution < -0.4 is 10.1 Å². The summed E-state index contributed by atoms with van der Waals surface area (Å²) in [6.07, 6.45) is 0. The van der Waals surface area contributed by atoms with E-state index in [-0.39, 0.29) is 5.75 Å². The van der Waals surface area contributed by atoms with Gasteiger partial charge in [0, 0.05) is 17.8 Å². The van der Waals surface area contributed by atoms with Crippen LogP contribution in [-0.2, 0) is 6.54 Å². The molecule has 102 valence electrons. The third-order valence-electron chi connectivity index (χ3n) is 2.86. The summed E-state index contributed by atoms with van der Waals surface area (Å²) in [6, 6.07) is 14.7. The van der Waals surface area contributed by atoms with Crippen molar-refractivity contribution in [2.75, 3.05) is 11.9 Å². The molecule has 20 heavy (non-hydrogen) atoms. The summed E-state index contributed by atoms with van der Waals surface area (Å²) in [5.74, 6) is 0.635. The Bertz CT molecular complexity index is 633. The minimum atomic E-state index is 0.151. The standard InChI is InChI=1S/C16H16N2O2/c1-2-20-15-8-4-6-13(16(15)19)11-18-14-7-3-5-12(9-14)10-17/h3-9,18-19H,2,11H2,1H3. The maximum Gasteiger partial charge on any atom is 0.162 e. The number of hydrogen-bond acceptors (Lipinski definition) is 4. The SMILES string of the molecule is CCOc1cccc(CNc2cccc(C#N)c2)c1O. The van der Waals surface area contributed by atoms with Gasteiger partial charge in [-0.3, -0.25) is 0 Å².